The molecule has 2 aromatic rings. The number of rotatable bonds is 7. The van der Waals surface area contributed by atoms with Crippen LogP contribution < -0.4 is 9.64 Å². The normalized spacial score (nSPS) is 10.8. The van der Waals surface area contributed by atoms with Crippen molar-refractivity contribution in [3.05, 3.63) is 41.2 Å². The van der Waals surface area contributed by atoms with E-state index in [0.29, 0.717) is 13.2 Å². The summed E-state index contributed by atoms with van der Waals surface area (Å²) in [6.45, 7) is 8.17. The summed E-state index contributed by atoms with van der Waals surface area (Å²) < 4.78 is 7.34. The average molecular weight is 303 g/mol. The van der Waals surface area contributed by atoms with E-state index < -0.39 is 0 Å². The average Bonchev–Trinajstić information content (AvgIpc) is 2.76. The second-order valence-electron chi connectivity index (χ2n) is 5.38. The summed E-state index contributed by atoms with van der Waals surface area (Å²) in [5.74, 6) is 0.891. The number of nitrogens with zero attached hydrogens (tertiary/aromatic N) is 3. The highest BCUT2D eigenvalue weighted by molar-refractivity contribution is 5.49. The van der Waals surface area contributed by atoms with Gasteiger partial charge in [0.15, 0.2) is 0 Å². The van der Waals surface area contributed by atoms with Crippen LogP contribution >= 0.6 is 0 Å². The molecule has 0 saturated heterocycles. The second kappa shape index (κ2) is 7.31. The highest BCUT2D eigenvalue weighted by atomic mass is 16.5. The maximum absolute atomic E-state index is 9.09. The van der Waals surface area contributed by atoms with Crippen molar-refractivity contribution in [2.45, 2.75) is 33.9 Å². The van der Waals surface area contributed by atoms with Crippen LogP contribution in [-0.2, 0) is 13.1 Å². The minimum absolute atomic E-state index is 0.107. The zero-order valence-electron chi connectivity index (χ0n) is 13.8. The van der Waals surface area contributed by atoms with Crippen LogP contribution in [0.3, 0.4) is 0 Å². The first-order valence-corrected chi connectivity index (χ1v) is 7.64. The van der Waals surface area contributed by atoms with Gasteiger partial charge in [-0.15, -0.1) is 0 Å². The summed E-state index contributed by atoms with van der Waals surface area (Å²) in [5, 5.41) is 13.6. The molecule has 5 nitrogen and oxygen atoms in total. The van der Waals surface area contributed by atoms with Gasteiger partial charge in [0, 0.05) is 30.5 Å². The number of aliphatic hydroxyl groups is 1. The summed E-state index contributed by atoms with van der Waals surface area (Å²) in [7, 11) is 2.07. The van der Waals surface area contributed by atoms with Crippen molar-refractivity contribution >= 4 is 5.69 Å². The van der Waals surface area contributed by atoms with E-state index in [1.165, 1.54) is 5.56 Å². The number of hydrogen-bond donors (Lipinski definition) is 1. The topological polar surface area (TPSA) is 50.5 Å². The zero-order valence-corrected chi connectivity index (χ0v) is 13.8. The van der Waals surface area contributed by atoms with Crippen molar-refractivity contribution in [1.82, 2.24) is 9.78 Å². The van der Waals surface area contributed by atoms with Gasteiger partial charge in [0.25, 0.3) is 0 Å². The molecule has 0 amide bonds. The molecule has 0 aliphatic rings. The third-order valence-electron chi connectivity index (χ3n) is 3.83. The maximum atomic E-state index is 9.09. The van der Waals surface area contributed by atoms with Gasteiger partial charge in [-0.25, -0.2) is 0 Å². The fraction of sp³-hybridized carbons (Fsp3) is 0.471. The second-order valence-corrected chi connectivity index (χ2v) is 5.38. The lowest BCUT2D eigenvalue weighted by Crippen LogP contribution is -2.17. The molecule has 5 heteroatoms. The highest BCUT2D eigenvalue weighted by Crippen LogP contribution is 2.22. The van der Waals surface area contributed by atoms with Crippen LogP contribution in [0, 0.1) is 13.8 Å². The molecule has 0 saturated carbocycles. The Morgan fingerprint density at radius 3 is 2.50 bits per heavy atom. The Hall–Kier alpha value is -2.01. The molecule has 1 N–H and O–H groups in total. The van der Waals surface area contributed by atoms with Crippen molar-refractivity contribution in [3.8, 4) is 5.75 Å². The Kier molecular flexibility index (Phi) is 5.44. The Balaban J connectivity index is 2.12. The van der Waals surface area contributed by atoms with Gasteiger partial charge in [0.05, 0.1) is 25.5 Å². The summed E-state index contributed by atoms with van der Waals surface area (Å²) in [5.41, 5.74) is 4.48. The zero-order chi connectivity index (χ0) is 16.1. The van der Waals surface area contributed by atoms with Crippen LogP contribution in [0.25, 0.3) is 0 Å². The molecule has 0 unspecified atom stereocenters. The SMILES string of the molecule is CCOc1ccc(N(C)Cc2c(C)nn(CCO)c2C)cc1. The summed E-state index contributed by atoms with van der Waals surface area (Å²) >= 11 is 0. The molecule has 2 rings (SSSR count). The minimum Gasteiger partial charge on any atom is -0.494 e. The number of benzene rings is 1. The Labute approximate surface area is 132 Å². The van der Waals surface area contributed by atoms with Gasteiger partial charge in [-0.2, -0.15) is 5.10 Å². The first-order chi connectivity index (χ1) is 10.6. The van der Waals surface area contributed by atoms with Crippen LogP contribution in [0.1, 0.15) is 23.9 Å². The van der Waals surface area contributed by atoms with Gasteiger partial charge in [-0.05, 0) is 45.0 Å². The molecular formula is C17H25N3O2. The van der Waals surface area contributed by atoms with Gasteiger partial charge in [0.1, 0.15) is 5.75 Å². The van der Waals surface area contributed by atoms with E-state index in [2.05, 4.69) is 36.1 Å². The molecule has 1 heterocycles. The third kappa shape index (κ3) is 3.60. The van der Waals surface area contributed by atoms with Crippen molar-refractivity contribution in [2.24, 2.45) is 0 Å². The molecule has 0 aliphatic heterocycles. The lowest BCUT2D eigenvalue weighted by atomic mass is 10.1. The Morgan fingerprint density at radius 1 is 1.23 bits per heavy atom. The van der Waals surface area contributed by atoms with Crippen LogP contribution in [0.15, 0.2) is 24.3 Å². The number of aromatic nitrogens is 2. The van der Waals surface area contributed by atoms with Crippen LogP contribution in [0.4, 0.5) is 5.69 Å². The van der Waals surface area contributed by atoms with Gasteiger partial charge < -0.3 is 14.7 Å². The van der Waals surface area contributed by atoms with Crippen molar-refractivity contribution in [3.63, 3.8) is 0 Å². The van der Waals surface area contributed by atoms with Crippen molar-refractivity contribution in [1.29, 1.82) is 0 Å². The van der Waals surface area contributed by atoms with Gasteiger partial charge in [-0.3, -0.25) is 4.68 Å². The molecule has 0 bridgehead atoms. The highest BCUT2D eigenvalue weighted by Gasteiger charge is 2.13. The van der Waals surface area contributed by atoms with E-state index in [1.807, 2.05) is 30.7 Å². The number of aliphatic hydroxyl groups excluding tert-OH is 1. The molecule has 0 fully saturated rings. The first-order valence-electron chi connectivity index (χ1n) is 7.64. The molecular weight excluding hydrogens is 278 g/mol. The molecule has 120 valence electrons. The lowest BCUT2D eigenvalue weighted by Gasteiger charge is -2.20. The van der Waals surface area contributed by atoms with Crippen LogP contribution in [0.5, 0.6) is 5.75 Å². The Bertz CT molecular complexity index is 605. The monoisotopic (exact) mass is 303 g/mol. The Morgan fingerprint density at radius 2 is 1.91 bits per heavy atom. The number of hydrogen-bond acceptors (Lipinski definition) is 4. The van der Waals surface area contributed by atoms with E-state index in [1.54, 1.807) is 0 Å². The van der Waals surface area contributed by atoms with Gasteiger partial charge >= 0.3 is 0 Å². The smallest absolute Gasteiger partial charge is 0.119 e. The number of anilines is 1. The van der Waals surface area contributed by atoms with Gasteiger partial charge in [-0.1, -0.05) is 0 Å². The summed E-state index contributed by atoms with van der Waals surface area (Å²) in [4.78, 5) is 2.19. The number of ether oxygens (including phenoxy) is 1. The molecule has 0 aliphatic carbocycles. The number of aryl methyl sites for hydroxylation is 1. The van der Waals surface area contributed by atoms with Crippen LogP contribution in [0.2, 0.25) is 0 Å². The largest absolute Gasteiger partial charge is 0.494 e. The molecule has 0 atom stereocenters. The molecule has 0 spiro atoms. The fourth-order valence-corrected chi connectivity index (χ4v) is 2.57. The summed E-state index contributed by atoms with van der Waals surface area (Å²) in [6.07, 6.45) is 0. The van der Waals surface area contributed by atoms with E-state index in [0.717, 1.165) is 29.4 Å². The molecule has 1 aromatic heterocycles. The summed E-state index contributed by atoms with van der Waals surface area (Å²) in [6, 6.07) is 8.11. The molecule has 22 heavy (non-hydrogen) atoms. The third-order valence-corrected chi connectivity index (χ3v) is 3.83. The maximum Gasteiger partial charge on any atom is 0.119 e. The van der Waals surface area contributed by atoms with E-state index in [-0.39, 0.29) is 6.61 Å². The fourth-order valence-electron chi connectivity index (χ4n) is 2.57. The van der Waals surface area contributed by atoms with E-state index in [9.17, 15) is 0 Å². The van der Waals surface area contributed by atoms with E-state index >= 15 is 0 Å². The van der Waals surface area contributed by atoms with Crippen LogP contribution in [-0.4, -0.2) is 35.1 Å². The predicted octanol–water partition coefficient (Wildman–Crippen LogP) is 2.53. The predicted molar refractivity (Wildman–Crippen MR) is 88.5 cm³/mol. The van der Waals surface area contributed by atoms with Crippen molar-refractivity contribution in [2.75, 3.05) is 25.2 Å². The van der Waals surface area contributed by atoms with E-state index in [4.69, 9.17) is 9.84 Å². The first kappa shape index (κ1) is 16.4. The van der Waals surface area contributed by atoms with Gasteiger partial charge in [0.2, 0.25) is 0 Å². The quantitative estimate of drug-likeness (QED) is 0.854. The molecule has 0 radical (unpaired) electrons. The van der Waals surface area contributed by atoms with Crippen molar-refractivity contribution < 1.29 is 9.84 Å². The standard InChI is InChI=1S/C17H25N3O2/c1-5-22-16-8-6-15(7-9-16)19(4)12-17-13(2)18-20(10-11-21)14(17)3/h6-9,21H,5,10-12H2,1-4H3. The lowest BCUT2D eigenvalue weighted by molar-refractivity contribution is 0.268. The minimum atomic E-state index is 0.107. The molecule has 1 aromatic carbocycles.